The van der Waals surface area contributed by atoms with E-state index in [2.05, 4.69) is 27.6 Å². The molecule has 0 aliphatic carbocycles. The van der Waals surface area contributed by atoms with Gasteiger partial charge in [0.15, 0.2) is 0 Å². The standard InChI is InChI=1S/C24H29N5O2/c1-6-29-18(4)22(17(3)28-29)15-25-24(26-19-11-13-20(31-5)14-12-19)27-23(30)21-10-8-7-9-16(21)2/h7-14H,6,15H2,1-5H3,(H2,25,26,27,30). The van der Waals surface area contributed by atoms with Crippen molar-refractivity contribution in [2.24, 2.45) is 4.99 Å². The fourth-order valence-electron chi connectivity index (χ4n) is 3.35. The Balaban J connectivity index is 1.87. The number of rotatable bonds is 6. The molecule has 7 heteroatoms. The minimum Gasteiger partial charge on any atom is -0.497 e. The molecule has 1 amide bonds. The molecule has 0 bridgehead atoms. The third kappa shape index (κ3) is 5.31. The number of anilines is 1. The predicted octanol–water partition coefficient (Wildman–Crippen LogP) is 4.23. The number of guanidine groups is 1. The van der Waals surface area contributed by atoms with E-state index in [1.54, 1.807) is 13.2 Å². The minimum atomic E-state index is -0.212. The summed E-state index contributed by atoms with van der Waals surface area (Å²) in [5.41, 5.74) is 5.39. The molecule has 0 radical (unpaired) electrons. The first-order chi connectivity index (χ1) is 14.9. The summed E-state index contributed by atoms with van der Waals surface area (Å²) in [6, 6.07) is 14.9. The van der Waals surface area contributed by atoms with Gasteiger partial charge in [-0.05, 0) is 63.6 Å². The fraction of sp³-hybridized carbons (Fsp3) is 0.292. The number of aromatic nitrogens is 2. The van der Waals surface area contributed by atoms with E-state index in [1.807, 2.05) is 67.9 Å². The van der Waals surface area contributed by atoms with Gasteiger partial charge in [0, 0.05) is 29.1 Å². The molecule has 3 rings (SSSR count). The highest BCUT2D eigenvalue weighted by Crippen LogP contribution is 2.17. The molecular formula is C24H29N5O2. The van der Waals surface area contributed by atoms with Gasteiger partial charge in [0.05, 0.1) is 19.3 Å². The Kier molecular flexibility index (Phi) is 7.07. The molecule has 0 unspecified atom stereocenters. The second kappa shape index (κ2) is 9.93. The van der Waals surface area contributed by atoms with Crippen LogP contribution in [-0.4, -0.2) is 28.8 Å². The van der Waals surface area contributed by atoms with Crippen molar-refractivity contribution >= 4 is 17.6 Å². The number of methoxy groups -OCH3 is 1. The van der Waals surface area contributed by atoms with Gasteiger partial charge >= 0.3 is 0 Å². The molecule has 0 aliphatic heterocycles. The van der Waals surface area contributed by atoms with Crippen molar-refractivity contribution in [3.8, 4) is 5.75 Å². The Morgan fingerprint density at radius 3 is 2.42 bits per heavy atom. The van der Waals surface area contributed by atoms with E-state index in [-0.39, 0.29) is 5.91 Å². The lowest BCUT2D eigenvalue weighted by Gasteiger charge is -2.13. The zero-order valence-corrected chi connectivity index (χ0v) is 18.7. The van der Waals surface area contributed by atoms with Gasteiger partial charge in [-0.3, -0.25) is 14.8 Å². The van der Waals surface area contributed by atoms with Gasteiger partial charge < -0.3 is 10.1 Å². The van der Waals surface area contributed by atoms with Crippen LogP contribution in [0.15, 0.2) is 53.5 Å². The third-order valence-corrected chi connectivity index (χ3v) is 5.20. The molecule has 1 aromatic heterocycles. The van der Waals surface area contributed by atoms with Crippen LogP contribution in [0.5, 0.6) is 5.75 Å². The Labute approximate surface area is 183 Å². The number of hydrogen-bond acceptors (Lipinski definition) is 4. The number of carbonyl (C=O) groups excluding carboxylic acids is 1. The van der Waals surface area contributed by atoms with E-state index in [9.17, 15) is 4.79 Å². The van der Waals surface area contributed by atoms with Crippen LogP contribution in [0.4, 0.5) is 5.69 Å². The molecule has 2 aromatic carbocycles. The van der Waals surface area contributed by atoms with Crippen molar-refractivity contribution in [3.05, 3.63) is 76.6 Å². The average Bonchev–Trinajstić information content (AvgIpc) is 3.05. The summed E-state index contributed by atoms with van der Waals surface area (Å²) in [4.78, 5) is 17.6. The smallest absolute Gasteiger partial charge is 0.258 e. The molecule has 0 fully saturated rings. The molecular weight excluding hydrogens is 390 g/mol. The van der Waals surface area contributed by atoms with Crippen molar-refractivity contribution in [1.29, 1.82) is 0 Å². The average molecular weight is 420 g/mol. The van der Waals surface area contributed by atoms with E-state index >= 15 is 0 Å². The molecule has 2 N–H and O–H groups in total. The Morgan fingerprint density at radius 2 is 1.81 bits per heavy atom. The van der Waals surface area contributed by atoms with Crippen LogP contribution in [0.1, 0.15) is 39.8 Å². The summed E-state index contributed by atoms with van der Waals surface area (Å²) in [7, 11) is 1.62. The molecule has 0 aliphatic rings. The summed E-state index contributed by atoms with van der Waals surface area (Å²) in [6.45, 7) is 9.20. The highest BCUT2D eigenvalue weighted by atomic mass is 16.5. The number of amides is 1. The summed E-state index contributed by atoms with van der Waals surface area (Å²) >= 11 is 0. The van der Waals surface area contributed by atoms with Gasteiger partial charge in [-0.25, -0.2) is 4.99 Å². The number of hydrogen-bond donors (Lipinski definition) is 2. The second-order valence-electron chi connectivity index (χ2n) is 7.25. The van der Waals surface area contributed by atoms with E-state index in [0.29, 0.717) is 18.1 Å². The number of nitrogens with zero attached hydrogens (tertiary/aromatic N) is 3. The Morgan fingerprint density at radius 1 is 1.10 bits per heavy atom. The van der Waals surface area contributed by atoms with Gasteiger partial charge in [0.25, 0.3) is 5.91 Å². The third-order valence-electron chi connectivity index (χ3n) is 5.20. The van der Waals surface area contributed by atoms with Crippen LogP contribution >= 0.6 is 0 Å². The van der Waals surface area contributed by atoms with Crippen LogP contribution in [-0.2, 0) is 13.1 Å². The van der Waals surface area contributed by atoms with Gasteiger partial charge in [0.1, 0.15) is 5.75 Å². The van der Waals surface area contributed by atoms with E-state index in [1.165, 1.54) is 0 Å². The molecule has 31 heavy (non-hydrogen) atoms. The Bertz CT molecular complexity index is 1080. The quantitative estimate of drug-likeness (QED) is 0.463. The summed E-state index contributed by atoms with van der Waals surface area (Å²) in [6.07, 6.45) is 0. The van der Waals surface area contributed by atoms with Gasteiger partial charge in [-0.1, -0.05) is 18.2 Å². The van der Waals surface area contributed by atoms with Crippen LogP contribution in [0.25, 0.3) is 0 Å². The maximum Gasteiger partial charge on any atom is 0.258 e. The number of aliphatic imine (C=N–C) groups is 1. The van der Waals surface area contributed by atoms with Crippen LogP contribution in [0, 0.1) is 20.8 Å². The molecule has 3 aromatic rings. The van der Waals surface area contributed by atoms with Crippen molar-refractivity contribution in [1.82, 2.24) is 15.1 Å². The highest BCUT2D eigenvalue weighted by molar-refractivity contribution is 6.10. The topological polar surface area (TPSA) is 80.5 Å². The van der Waals surface area contributed by atoms with E-state index in [0.717, 1.165) is 40.5 Å². The van der Waals surface area contributed by atoms with Gasteiger partial charge in [-0.2, -0.15) is 5.10 Å². The van der Waals surface area contributed by atoms with Crippen molar-refractivity contribution in [2.75, 3.05) is 12.4 Å². The van der Waals surface area contributed by atoms with E-state index in [4.69, 9.17) is 4.74 Å². The summed E-state index contributed by atoms with van der Waals surface area (Å²) < 4.78 is 7.18. The lowest BCUT2D eigenvalue weighted by atomic mass is 10.1. The molecule has 162 valence electrons. The lowest BCUT2D eigenvalue weighted by Crippen LogP contribution is -2.36. The van der Waals surface area contributed by atoms with Crippen LogP contribution < -0.4 is 15.4 Å². The first kappa shape index (κ1) is 22.1. The SMILES string of the molecule is CCn1nc(C)c(CN=C(NC(=O)c2ccccc2C)Nc2ccc(OC)cc2)c1C. The van der Waals surface area contributed by atoms with Crippen molar-refractivity contribution < 1.29 is 9.53 Å². The number of benzene rings is 2. The predicted molar refractivity (Wildman–Crippen MR) is 124 cm³/mol. The molecule has 7 nitrogen and oxygen atoms in total. The van der Waals surface area contributed by atoms with E-state index < -0.39 is 0 Å². The first-order valence-corrected chi connectivity index (χ1v) is 10.3. The maximum absolute atomic E-state index is 12.9. The maximum atomic E-state index is 12.9. The second-order valence-corrected chi connectivity index (χ2v) is 7.25. The normalized spacial score (nSPS) is 11.3. The molecule has 0 saturated carbocycles. The van der Waals surface area contributed by atoms with Crippen LogP contribution in [0.2, 0.25) is 0 Å². The minimum absolute atomic E-state index is 0.212. The number of carbonyl (C=O) groups is 1. The van der Waals surface area contributed by atoms with Crippen molar-refractivity contribution in [2.45, 2.75) is 40.8 Å². The number of aryl methyl sites for hydroxylation is 3. The zero-order chi connectivity index (χ0) is 22.4. The van der Waals surface area contributed by atoms with Crippen LogP contribution in [0.3, 0.4) is 0 Å². The summed E-state index contributed by atoms with van der Waals surface area (Å²) in [5.74, 6) is 0.920. The van der Waals surface area contributed by atoms with Gasteiger partial charge in [0.2, 0.25) is 5.96 Å². The first-order valence-electron chi connectivity index (χ1n) is 10.3. The number of nitrogens with one attached hydrogen (secondary N) is 2. The summed E-state index contributed by atoms with van der Waals surface area (Å²) in [5, 5.41) is 10.7. The number of ether oxygens (including phenoxy) is 1. The molecule has 1 heterocycles. The lowest BCUT2D eigenvalue weighted by molar-refractivity contribution is 0.0976. The Hall–Kier alpha value is -3.61. The molecule has 0 saturated heterocycles. The molecule has 0 spiro atoms. The zero-order valence-electron chi connectivity index (χ0n) is 18.7. The van der Waals surface area contributed by atoms with Gasteiger partial charge in [-0.15, -0.1) is 0 Å². The fourth-order valence-corrected chi connectivity index (χ4v) is 3.35. The largest absolute Gasteiger partial charge is 0.497 e. The van der Waals surface area contributed by atoms with Crippen molar-refractivity contribution in [3.63, 3.8) is 0 Å². The highest BCUT2D eigenvalue weighted by Gasteiger charge is 2.14. The monoisotopic (exact) mass is 419 g/mol. The molecule has 0 atom stereocenters.